The molecule has 6 aliphatic rings. The summed E-state index contributed by atoms with van der Waals surface area (Å²) in [5.41, 5.74) is -0.632. The molecular formula is C26H34O7. The van der Waals surface area contributed by atoms with Gasteiger partial charge in [-0.05, 0) is 70.3 Å². The highest BCUT2D eigenvalue weighted by Gasteiger charge is 2.82. The van der Waals surface area contributed by atoms with Gasteiger partial charge in [-0.2, -0.15) is 0 Å². The molecule has 0 N–H and O–H groups in total. The number of ketones is 2. The predicted molar refractivity (Wildman–Crippen MR) is 116 cm³/mol. The zero-order valence-corrected chi connectivity index (χ0v) is 20.0. The monoisotopic (exact) mass is 458 g/mol. The third kappa shape index (κ3) is 2.65. The lowest BCUT2D eigenvalue weighted by molar-refractivity contribution is -0.284. The molecule has 7 nitrogen and oxygen atoms in total. The minimum atomic E-state index is -1.09. The van der Waals surface area contributed by atoms with Gasteiger partial charge in [-0.25, -0.2) is 4.79 Å². The molecule has 0 bridgehead atoms. The molecule has 4 aliphatic carbocycles. The lowest BCUT2D eigenvalue weighted by Crippen LogP contribution is -2.64. The first kappa shape index (κ1) is 21.9. The highest BCUT2D eigenvalue weighted by Crippen LogP contribution is 2.77. The van der Waals surface area contributed by atoms with Crippen LogP contribution in [0.2, 0.25) is 0 Å². The Kier molecular flexibility index (Phi) is 4.35. The molecule has 5 fully saturated rings. The van der Waals surface area contributed by atoms with Crippen LogP contribution in [-0.2, 0) is 33.3 Å². The molecule has 0 unspecified atom stereocenters. The number of esters is 1. The van der Waals surface area contributed by atoms with Crippen molar-refractivity contribution in [1.29, 1.82) is 0 Å². The Hall–Kier alpha value is -1.57. The maximum atomic E-state index is 13.7. The van der Waals surface area contributed by atoms with E-state index < -0.39 is 22.8 Å². The van der Waals surface area contributed by atoms with Crippen molar-refractivity contribution < 1.29 is 33.3 Å². The van der Waals surface area contributed by atoms with Crippen molar-refractivity contribution in [3.05, 3.63) is 11.6 Å². The Bertz CT molecular complexity index is 983. The van der Waals surface area contributed by atoms with Gasteiger partial charge in [0.25, 0.3) is 0 Å². The van der Waals surface area contributed by atoms with E-state index in [-0.39, 0.29) is 47.8 Å². The molecule has 0 aromatic rings. The van der Waals surface area contributed by atoms with E-state index in [9.17, 15) is 14.4 Å². The largest absolute Gasteiger partial charge is 0.456 e. The van der Waals surface area contributed by atoms with E-state index in [1.807, 2.05) is 6.08 Å². The SMILES string of the molecule is CC1(C)OCC(=O)OCC(=O)[C@]2(CC[C@H]3[C@@H]4CCC5=CC(=O)CC[C@]5(C)[C@@]45O[C@H]5C[C@@]32C)O1. The van der Waals surface area contributed by atoms with Crippen LogP contribution in [0.1, 0.15) is 72.6 Å². The van der Waals surface area contributed by atoms with Crippen molar-refractivity contribution in [2.75, 3.05) is 13.2 Å². The van der Waals surface area contributed by atoms with Gasteiger partial charge in [0, 0.05) is 17.3 Å². The number of carbonyl (C=O) groups is 3. The zero-order chi connectivity index (χ0) is 23.4. The van der Waals surface area contributed by atoms with E-state index in [0.717, 1.165) is 32.1 Å². The summed E-state index contributed by atoms with van der Waals surface area (Å²) in [7, 11) is 0. The summed E-state index contributed by atoms with van der Waals surface area (Å²) >= 11 is 0. The van der Waals surface area contributed by atoms with Crippen LogP contribution < -0.4 is 0 Å². The fourth-order valence-electron chi connectivity index (χ4n) is 8.67. The number of hydrogen-bond donors (Lipinski definition) is 0. The maximum absolute atomic E-state index is 13.7. The number of fused-ring (bicyclic) bond motifs is 4. The second-order valence-corrected chi connectivity index (χ2v) is 12.0. The van der Waals surface area contributed by atoms with Crippen molar-refractivity contribution in [3.63, 3.8) is 0 Å². The summed E-state index contributed by atoms with van der Waals surface area (Å²) < 4.78 is 24.3. The Morgan fingerprint density at radius 1 is 0.939 bits per heavy atom. The van der Waals surface area contributed by atoms with Crippen LogP contribution in [0.15, 0.2) is 11.6 Å². The number of carbonyl (C=O) groups excluding carboxylic acids is 3. The van der Waals surface area contributed by atoms with Crippen molar-refractivity contribution in [2.45, 2.75) is 95.7 Å². The average molecular weight is 459 g/mol. The maximum Gasteiger partial charge on any atom is 0.332 e. The molecular weight excluding hydrogens is 424 g/mol. The molecule has 180 valence electrons. The molecule has 0 aromatic heterocycles. The summed E-state index contributed by atoms with van der Waals surface area (Å²) in [5.74, 6) is -1.00. The van der Waals surface area contributed by atoms with Crippen molar-refractivity contribution in [2.24, 2.45) is 22.7 Å². The van der Waals surface area contributed by atoms with Crippen molar-refractivity contribution in [1.82, 2.24) is 0 Å². The molecule has 7 atom stereocenters. The lowest BCUT2D eigenvalue weighted by atomic mass is 9.46. The topological polar surface area (TPSA) is 91.4 Å². The van der Waals surface area contributed by atoms with Crippen LogP contribution in [0, 0.1) is 22.7 Å². The van der Waals surface area contributed by atoms with E-state index in [1.54, 1.807) is 13.8 Å². The van der Waals surface area contributed by atoms with E-state index in [4.69, 9.17) is 18.9 Å². The van der Waals surface area contributed by atoms with Crippen LogP contribution in [0.25, 0.3) is 0 Å². The number of rotatable bonds is 0. The smallest absolute Gasteiger partial charge is 0.332 e. The highest BCUT2D eigenvalue weighted by molar-refractivity contribution is 5.92. The summed E-state index contributed by atoms with van der Waals surface area (Å²) in [6.45, 7) is 7.51. The average Bonchev–Trinajstić information content (AvgIpc) is 3.39. The minimum absolute atomic E-state index is 0.0382. The Labute approximate surface area is 194 Å². The summed E-state index contributed by atoms with van der Waals surface area (Å²) in [5, 5.41) is 0. The molecule has 7 heteroatoms. The van der Waals surface area contributed by atoms with Gasteiger partial charge < -0.3 is 18.9 Å². The minimum Gasteiger partial charge on any atom is -0.456 e. The molecule has 2 saturated heterocycles. The van der Waals surface area contributed by atoms with Crippen LogP contribution in [0.3, 0.4) is 0 Å². The highest BCUT2D eigenvalue weighted by atomic mass is 16.7. The van der Waals surface area contributed by atoms with Gasteiger partial charge in [-0.15, -0.1) is 0 Å². The van der Waals surface area contributed by atoms with Gasteiger partial charge in [-0.3, -0.25) is 9.59 Å². The van der Waals surface area contributed by atoms with Crippen LogP contribution in [0.4, 0.5) is 0 Å². The van der Waals surface area contributed by atoms with Gasteiger partial charge in [0.2, 0.25) is 5.78 Å². The van der Waals surface area contributed by atoms with Crippen LogP contribution >= 0.6 is 0 Å². The second kappa shape index (κ2) is 6.55. The molecule has 0 radical (unpaired) electrons. The third-order valence-corrected chi connectivity index (χ3v) is 10.2. The van der Waals surface area contributed by atoms with Crippen LogP contribution in [0.5, 0.6) is 0 Å². The van der Waals surface area contributed by atoms with Gasteiger partial charge in [-0.1, -0.05) is 19.4 Å². The molecule has 0 aromatic carbocycles. The number of ether oxygens (including phenoxy) is 4. The molecule has 33 heavy (non-hydrogen) atoms. The van der Waals surface area contributed by atoms with Gasteiger partial charge in [0.05, 0.1) is 6.10 Å². The third-order valence-electron chi connectivity index (χ3n) is 10.2. The van der Waals surface area contributed by atoms with E-state index in [2.05, 4.69) is 13.8 Å². The van der Waals surface area contributed by atoms with E-state index >= 15 is 0 Å². The Balaban J connectivity index is 1.40. The number of epoxide rings is 1. The molecule has 6 rings (SSSR count). The number of cyclic esters (lactones) is 1. The fourth-order valence-corrected chi connectivity index (χ4v) is 8.67. The number of hydrogen-bond acceptors (Lipinski definition) is 7. The zero-order valence-electron chi connectivity index (χ0n) is 20.0. The normalized spacial score (nSPS) is 50.6. The number of Topliss-reactive ketones (excluding diaryl/α,β-unsaturated/α-hetero) is 1. The lowest BCUT2D eigenvalue weighted by Gasteiger charge is -2.57. The Morgan fingerprint density at radius 3 is 2.52 bits per heavy atom. The summed E-state index contributed by atoms with van der Waals surface area (Å²) in [6.07, 6.45) is 7.39. The van der Waals surface area contributed by atoms with Crippen molar-refractivity contribution >= 4 is 17.5 Å². The standard InChI is InChI=1S/C26H34O7/c1-22(2)31-14-21(29)30-13-19(28)25(33-22)10-8-17-18-6-5-15-11-16(27)7-9-23(15,3)26(18)20(32-26)12-24(17,25)4/h11,17-18,20H,5-10,12-14H2,1-4H3/t17-,18-,20-,23-,24-,25-,26+/m0/s1. The summed E-state index contributed by atoms with van der Waals surface area (Å²) in [4.78, 5) is 37.9. The molecule has 2 spiro atoms. The fraction of sp³-hybridized carbons (Fsp3) is 0.808. The second-order valence-electron chi connectivity index (χ2n) is 12.0. The van der Waals surface area contributed by atoms with E-state index in [0.29, 0.717) is 18.8 Å². The molecule has 2 heterocycles. The predicted octanol–water partition coefficient (Wildman–Crippen LogP) is 3.28. The first-order chi connectivity index (χ1) is 15.5. The van der Waals surface area contributed by atoms with Gasteiger partial charge in [0.1, 0.15) is 17.8 Å². The van der Waals surface area contributed by atoms with Gasteiger partial charge >= 0.3 is 5.97 Å². The molecule has 2 aliphatic heterocycles. The van der Waals surface area contributed by atoms with E-state index in [1.165, 1.54) is 5.57 Å². The van der Waals surface area contributed by atoms with Crippen LogP contribution in [-0.4, -0.2) is 53.8 Å². The first-order valence-corrected chi connectivity index (χ1v) is 12.4. The Morgan fingerprint density at radius 2 is 1.73 bits per heavy atom. The summed E-state index contributed by atoms with van der Waals surface area (Å²) in [6, 6.07) is 0. The van der Waals surface area contributed by atoms with Crippen molar-refractivity contribution in [3.8, 4) is 0 Å². The molecule has 0 amide bonds. The first-order valence-electron chi connectivity index (χ1n) is 12.4. The quantitative estimate of drug-likeness (QED) is 0.406. The molecule has 3 saturated carbocycles. The van der Waals surface area contributed by atoms with Gasteiger partial charge in [0.15, 0.2) is 18.2 Å².